The van der Waals surface area contributed by atoms with E-state index in [-0.39, 0.29) is 17.7 Å². The third-order valence-corrected chi connectivity index (χ3v) is 6.74. The van der Waals surface area contributed by atoms with E-state index in [4.69, 9.17) is 5.73 Å². The maximum Gasteiger partial charge on any atom is 0.239 e. The Morgan fingerprint density at radius 2 is 0.900 bits per heavy atom. The van der Waals surface area contributed by atoms with Crippen LogP contribution in [0.1, 0.15) is 18.1 Å². The van der Waals surface area contributed by atoms with Gasteiger partial charge in [-0.05, 0) is 46.2 Å². The predicted molar refractivity (Wildman–Crippen MR) is 166 cm³/mol. The highest BCUT2D eigenvalue weighted by molar-refractivity contribution is 5.81. The molecule has 4 rings (SSSR count). The maximum atomic E-state index is 11.9. The van der Waals surface area contributed by atoms with Crippen molar-refractivity contribution < 1.29 is 9.59 Å². The molecular weight excluding hydrogens is 494 g/mol. The minimum atomic E-state index is -0.479. The lowest BCUT2D eigenvalue weighted by atomic mass is 9.97. The highest BCUT2D eigenvalue weighted by Gasteiger charge is 2.16. The van der Waals surface area contributed by atoms with E-state index in [9.17, 15) is 9.59 Å². The van der Waals surface area contributed by atoms with Crippen LogP contribution in [0.5, 0.6) is 0 Å². The Morgan fingerprint density at radius 1 is 0.550 bits per heavy atom. The van der Waals surface area contributed by atoms with Gasteiger partial charge in [0.1, 0.15) is 0 Å². The van der Waals surface area contributed by atoms with Crippen molar-refractivity contribution >= 4 is 11.8 Å². The van der Waals surface area contributed by atoms with Crippen LogP contribution in [-0.4, -0.2) is 55.8 Å². The van der Waals surface area contributed by atoms with Gasteiger partial charge in [0.15, 0.2) is 0 Å². The van der Waals surface area contributed by atoms with Crippen LogP contribution in [0.15, 0.2) is 109 Å². The molecule has 5 nitrogen and oxygen atoms in total. The minimum absolute atomic E-state index is 0.0209. The number of likely N-dealkylation sites (N-methyl/N-ethyl adjacent to an activating group) is 1. The molecule has 4 aromatic carbocycles. The fourth-order valence-electron chi connectivity index (χ4n) is 4.48. The Kier molecular flexibility index (Phi) is 11.2. The van der Waals surface area contributed by atoms with Crippen LogP contribution in [0.4, 0.5) is 0 Å². The molecule has 0 radical (unpaired) electrons. The van der Waals surface area contributed by atoms with Gasteiger partial charge < -0.3 is 15.5 Å². The molecule has 0 aromatic heterocycles. The smallest absolute Gasteiger partial charge is 0.239 e. The Labute approximate surface area is 239 Å². The molecule has 0 saturated heterocycles. The molecule has 4 aromatic rings. The highest BCUT2D eigenvalue weighted by atomic mass is 16.2. The Bertz CT molecular complexity index is 1230. The summed E-state index contributed by atoms with van der Waals surface area (Å²) >= 11 is 0. The first-order valence-electron chi connectivity index (χ1n) is 13.6. The van der Waals surface area contributed by atoms with Crippen LogP contribution in [-0.2, 0) is 22.4 Å². The molecule has 2 N–H and O–H groups in total. The first-order chi connectivity index (χ1) is 19.2. The Morgan fingerprint density at radius 3 is 1.27 bits per heavy atom. The number of carbonyl (C=O) groups excluding carboxylic acids is 2. The van der Waals surface area contributed by atoms with Gasteiger partial charge >= 0.3 is 0 Å². The fraction of sp³-hybridized carbons (Fsp3) is 0.257. The molecule has 0 aliphatic rings. The number of hydrogen-bond donors (Lipinski definition) is 1. The van der Waals surface area contributed by atoms with Crippen LogP contribution in [0, 0.1) is 5.92 Å². The fourth-order valence-corrected chi connectivity index (χ4v) is 4.48. The lowest BCUT2D eigenvalue weighted by Gasteiger charge is -2.16. The molecule has 2 atom stereocenters. The van der Waals surface area contributed by atoms with Crippen LogP contribution in [0.2, 0.25) is 0 Å². The van der Waals surface area contributed by atoms with Crippen LogP contribution < -0.4 is 5.73 Å². The van der Waals surface area contributed by atoms with Crippen molar-refractivity contribution in [2.75, 3.05) is 28.2 Å². The summed E-state index contributed by atoms with van der Waals surface area (Å²) in [5.74, 6) is 0.154. The lowest BCUT2D eigenvalue weighted by molar-refractivity contribution is -0.132. The zero-order valence-corrected chi connectivity index (χ0v) is 24.2. The van der Waals surface area contributed by atoms with Gasteiger partial charge in [0.05, 0.1) is 6.04 Å². The molecule has 0 fully saturated rings. The lowest BCUT2D eigenvalue weighted by Crippen LogP contribution is -2.41. The van der Waals surface area contributed by atoms with Crippen molar-refractivity contribution in [1.82, 2.24) is 9.80 Å². The van der Waals surface area contributed by atoms with Crippen LogP contribution in [0.3, 0.4) is 0 Å². The van der Waals surface area contributed by atoms with Gasteiger partial charge in [-0.1, -0.05) is 116 Å². The number of amides is 2. The van der Waals surface area contributed by atoms with Gasteiger partial charge in [-0.25, -0.2) is 0 Å². The molecule has 0 aliphatic heterocycles. The predicted octanol–water partition coefficient (Wildman–Crippen LogP) is 5.93. The molecule has 40 heavy (non-hydrogen) atoms. The topological polar surface area (TPSA) is 66.6 Å². The van der Waals surface area contributed by atoms with Crippen molar-refractivity contribution in [2.45, 2.75) is 25.8 Å². The summed E-state index contributed by atoms with van der Waals surface area (Å²) in [6.07, 6.45) is 1.35. The number of nitrogens with zero attached hydrogens (tertiary/aromatic N) is 2. The van der Waals surface area contributed by atoms with Gasteiger partial charge in [-0.15, -0.1) is 0 Å². The first-order valence-corrected chi connectivity index (χ1v) is 13.6. The van der Waals surface area contributed by atoms with E-state index in [2.05, 4.69) is 60.7 Å². The quantitative estimate of drug-likeness (QED) is 0.304. The van der Waals surface area contributed by atoms with E-state index in [1.54, 1.807) is 33.1 Å². The zero-order valence-electron chi connectivity index (χ0n) is 24.2. The number of carbonyl (C=O) groups is 2. The normalized spacial score (nSPS) is 11.9. The van der Waals surface area contributed by atoms with E-state index < -0.39 is 6.04 Å². The van der Waals surface area contributed by atoms with E-state index in [0.717, 1.165) is 12.0 Å². The molecule has 0 saturated carbocycles. The summed E-state index contributed by atoms with van der Waals surface area (Å²) in [4.78, 5) is 26.8. The summed E-state index contributed by atoms with van der Waals surface area (Å²) in [7, 11) is 7.05. The van der Waals surface area contributed by atoms with Gasteiger partial charge in [0.25, 0.3) is 0 Å². The van der Waals surface area contributed by atoms with Crippen molar-refractivity contribution in [3.05, 3.63) is 120 Å². The van der Waals surface area contributed by atoms with Gasteiger partial charge in [0.2, 0.25) is 11.8 Å². The molecular formula is C35H41N3O2. The molecule has 2 amide bonds. The summed E-state index contributed by atoms with van der Waals surface area (Å²) < 4.78 is 0. The average Bonchev–Trinajstić information content (AvgIpc) is 2.98. The molecule has 0 heterocycles. The highest BCUT2D eigenvalue weighted by Crippen LogP contribution is 2.21. The summed E-state index contributed by atoms with van der Waals surface area (Å²) in [5.41, 5.74) is 13.0. The molecule has 0 unspecified atom stereocenters. The van der Waals surface area contributed by atoms with Gasteiger partial charge in [-0.3, -0.25) is 9.59 Å². The summed E-state index contributed by atoms with van der Waals surface area (Å²) in [6.45, 7) is 1.98. The summed E-state index contributed by atoms with van der Waals surface area (Å²) in [6, 6.07) is 36.7. The molecule has 0 aliphatic carbocycles. The van der Waals surface area contributed by atoms with Gasteiger partial charge in [-0.2, -0.15) is 0 Å². The van der Waals surface area contributed by atoms with E-state index in [0.29, 0.717) is 6.42 Å². The van der Waals surface area contributed by atoms with E-state index >= 15 is 0 Å². The molecule has 0 bridgehead atoms. The number of hydrogen-bond acceptors (Lipinski definition) is 3. The maximum absolute atomic E-state index is 11.9. The first kappa shape index (κ1) is 30.3. The SMILES string of the molecule is CN(C)C(=O)[C@@H](N)Cc1ccc(-c2ccccc2)cc1.C[C@@H](Cc1ccc(-c2ccccc2)cc1)C(=O)N(C)C. The minimum Gasteiger partial charge on any atom is -0.349 e. The van der Waals surface area contributed by atoms with Crippen LogP contribution >= 0.6 is 0 Å². The molecule has 0 spiro atoms. The van der Waals surface area contributed by atoms with Crippen molar-refractivity contribution in [3.63, 3.8) is 0 Å². The number of rotatable bonds is 8. The third kappa shape index (κ3) is 8.92. The molecule has 5 heteroatoms. The van der Waals surface area contributed by atoms with Crippen molar-refractivity contribution in [3.8, 4) is 22.3 Å². The second kappa shape index (κ2) is 14.8. The second-order valence-electron chi connectivity index (χ2n) is 10.5. The number of nitrogens with two attached hydrogens (primary N) is 1. The number of benzene rings is 4. The average molecular weight is 536 g/mol. The largest absolute Gasteiger partial charge is 0.349 e. The standard InChI is InChI=1S/C18H21NO.C17H20N2O/c1-14(18(20)19(2)3)13-15-9-11-17(12-10-15)16-7-5-4-6-8-16;1-19(2)17(20)16(18)12-13-8-10-15(11-9-13)14-6-4-3-5-7-14/h4-12,14H,13H2,1-3H3;3-11,16H,12,18H2,1-2H3/t14-;16-/m00/s1. The van der Waals surface area contributed by atoms with Crippen molar-refractivity contribution in [2.24, 2.45) is 11.7 Å². The second-order valence-corrected chi connectivity index (χ2v) is 10.5. The van der Waals surface area contributed by atoms with Crippen molar-refractivity contribution in [1.29, 1.82) is 0 Å². The van der Waals surface area contributed by atoms with Gasteiger partial charge in [0, 0.05) is 34.1 Å². The third-order valence-electron chi connectivity index (χ3n) is 6.74. The van der Waals surface area contributed by atoms with E-state index in [1.807, 2.05) is 55.5 Å². The molecule has 208 valence electrons. The Hall–Kier alpha value is -4.22. The van der Waals surface area contributed by atoms with Crippen LogP contribution in [0.25, 0.3) is 22.3 Å². The summed E-state index contributed by atoms with van der Waals surface area (Å²) in [5, 5.41) is 0. The van der Waals surface area contributed by atoms with E-state index in [1.165, 1.54) is 32.7 Å². The monoisotopic (exact) mass is 535 g/mol. The Balaban J connectivity index is 0.000000220. The zero-order chi connectivity index (χ0) is 29.1.